The molecule has 1 heterocycles. The third-order valence-corrected chi connectivity index (χ3v) is 6.21. The van der Waals surface area contributed by atoms with Gasteiger partial charge in [-0.05, 0) is 31.4 Å². The number of halogens is 1. The second kappa shape index (κ2) is 13.0. The van der Waals surface area contributed by atoms with Crippen molar-refractivity contribution in [1.29, 1.82) is 0 Å². The lowest BCUT2D eigenvalue weighted by Gasteiger charge is -2.30. The van der Waals surface area contributed by atoms with Crippen LogP contribution in [0.5, 0.6) is 0 Å². The molecule has 2 rings (SSSR count). The largest absolute Gasteiger partial charge is 0.355 e. The van der Waals surface area contributed by atoms with Crippen LogP contribution in [-0.2, 0) is 10.8 Å². The molecule has 1 amide bonds. The van der Waals surface area contributed by atoms with Gasteiger partial charge in [-0.25, -0.2) is 0 Å². The molecule has 0 aromatic carbocycles. The molecule has 0 saturated heterocycles. The number of guanidine groups is 1. The van der Waals surface area contributed by atoms with Gasteiger partial charge >= 0.3 is 0 Å². The van der Waals surface area contributed by atoms with Gasteiger partial charge in [0.05, 0.1) is 5.56 Å². The molecule has 3 atom stereocenters. The lowest BCUT2D eigenvalue weighted by molar-refractivity contribution is 0.0954. The molecule has 0 aliphatic heterocycles. The fraction of sp³-hybridized carbons (Fsp3) is 0.611. The number of carbonyl (C=O) groups is 1. The molecule has 0 spiro atoms. The minimum Gasteiger partial charge on any atom is -0.355 e. The van der Waals surface area contributed by atoms with Gasteiger partial charge in [-0.15, -0.1) is 24.0 Å². The summed E-state index contributed by atoms with van der Waals surface area (Å²) in [6.45, 7) is 3.04. The molecule has 3 N–H and O–H groups in total. The molecule has 1 saturated carbocycles. The Hall–Kier alpha value is -1.23. The number of rotatable bonds is 7. The smallest absolute Gasteiger partial charge is 0.252 e. The lowest BCUT2D eigenvalue weighted by Crippen LogP contribution is -2.48. The molecule has 27 heavy (non-hydrogen) atoms. The van der Waals surface area contributed by atoms with Crippen molar-refractivity contribution >= 4 is 46.6 Å². The van der Waals surface area contributed by atoms with Crippen LogP contribution in [-0.4, -0.2) is 58.2 Å². The third-order valence-electron chi connectivity index (χ3n) is 4.47. The minimum absolute atomic E-state index is 0. The van der Waals surface area contributed by atoms with Crippen LogP contribution in [0.2, 0.25) is 0 Å². The van der Waals surface area contributed by atoms with E-state index in [1.807, 2.05) is 6.92 Å². The Labute approximate surface area is 181 Å². The number of hydrogen-bond donors (Lipinski definition) is 3. The highest BCUT2D eigenvalue weighted by Crippen LogP contribution is 2.22. The maximum absolute atomic E-state index is 12.1. The van der Waals surface area contributed by atoms with Crippen molar-refractivity contribution in [1.82, 2.24) is 20.9 Å². The molecule has 3 unspecified atom stereocenters. The van der Waals surface area contributed by atoms with Crippen LogP contribution in [0.3, 0.4) is 0 Å². The maximum atomic E-state index is 12.1. The van der Waals surface area contributed by atoms with Crippen LogP contribution in [0.25, 0.3) is 0 Å². The standard InChI is InChI=1S/C18H29N5O2S.HI/c1-3-26(25)16-8-4-7-15(12-16)23-18(19-2)22-11-10-21-17(24)14-6-5-9-20-13-14;/h5-6,9,13,15-16H,3-4,7-8,10-12H2,1-2H3,(H,21,24)(H2,19,22,23);1H. The van der Waals surface area contributed by atoms with Gasteiger partial charge in [0.15, 0.2) is 5.96 Å². The monoisotopic (exact) mass is 507 g/mol. The zero-order valence-electron chi connectivity index (χ0n) is 15.9. The zero-order valence-corrected chi connectivity index (χ0v) is 19.1. The van der Waals surface area contributed by atoms with Crippen LogP contribution >= 0.6 is 24.0 Å². The molecule has 1 aromatic heterocycles. The SMILES string of the molecule is CCS(=O)C1CCCC(NC(=NC)NCCNC(=O)c2cccnc2)C1.I. The topological polar surface area (TPSA) is 95.5 Å². The average molecular weight is 507 g/mol. The van der Waals surface area contributed by atoms with Crippen molar-refractivity contribution in [2.45, 2.75) is 43.9 Å². The van der Waals surface area contributed by atoms with E-state index >= 15 is 0 Å². The van der Waals surface area contributed by atoms with Crippen LogP contribution in [0, 0.1) is 0 Å². The quantitative estimate of drug-likeness (QED) is 0.226. The van der Waals surface area contributed by atoms with Gasteiger partial charge in [0.1, 0.15) is 0 Å². The van der Waals surface area contributed by atoms with E-state index in [0.717, 1.165) is 31.4 Å². The van der Waals surface area contributed by atoms with E-state index in [2.05, 4.69) is 25.9 Å². The summed E-state index contributed by atoms with van der Waals surface area (Å²) in [5.74, 6) is 1.30. The second-order valence-electron chi connectivity index (χ2n) is 6.30. The highest BCUT2D eigenvalue weighted by atomic mass is 127. The fourth-order valence-electron chi connectivity index (χ4n) is 3.09. The first kappa shape index (κ1) is 23.8. The summed E-state index contributed by atoms with van der Waals surface area (Å²) in [4.78, 5) is 20.1. The second-order valence-corrected chi connectivity index (χ2v) is 8.30. The summed E-state index contributed by atoms with van der Waals surface area (Å²) in [7, 11) is 0.996. The number of aromatic nitrogens is 1. The maximum Gasteiger partial charge on any atom is 0.252 e. The van der Waals surface area contributed by atoms with Crippen LogP contribution < -0.4 is 16.0 Å². The predicted molar refractivity (Wildman–Crippen MR) is 121 cm³/mol. The van der Waals surface area contributed by atoms with E-state index in [9.17, 15) is 9.00 Å². The first-order valence-corrected chi connectivity index (χ1v) is 10.5. The molecule has 1 aliphatic carbocycles. The van der Waals surface area contributed by atoms with Crippen LogP contribution in [0.4, 0.5) is 0 Å². The van der Waals surface area contributed by atoms with Crippen molar-refractivity contribution in [2.75, 3.05) is 25.9 Å². The first-order chi connectivity index (χ1) is 12.6. The van der Waals surface area contributed by atoms with Crippen LogP contribution in [0.15, 0.2) is 29.5 Å². The number of hydrogen-bond acceptors (Lipinski definition) is 4. The number of nitrogens with one attached hydrogen (secondary N) is 3. The Morgan fingerprint density at radius 3 is 2.78 bits per heavy atom. The summed E-state index contributed by atoms with van der Waals surface area (Å²) in [5, 5.41) is 9.76. The van der Waals surface area contributed by atoms with Gasteiger partial charge in [0.2, 0.25) is 0 Å². The minimum atomic E-state index is -0.734. The summed E-state index contributed by atoms with van der Waals surface area (Å²) in [6, 6.07) is 3.76. The van der Waals surface area contributed by atoms with E-state index in [4.69, 9.17) is 0 Å². The van der Waals surface area contributed by atoms with Crippen molar-refractivity contribution in [3.8, 4) is 0 Å². The third kappa shape index (κ3) is 8.12. The fourth-order valence-corrected chi connectivity index (χ4v) is 4.44. The molecule has 0 radical (unpaired) electrons. The van der Waals surface area contributed by atoms with Gasteiger partial charge in [-0.3, -0.25) is 19.0 Å². The van der Waals surface area contributed by atoms with E-state index in [1.54, 1.807) is 31.6 Å². The molecule has 0 bridgehead atoms. The van der Waals surface area contributed by atoms with Crippen molar-refractivity contribution in [3.63, 3.8) is 0 Å². The zero-order chi connectivity index (χ0) is 18.8. The molecule has 1 aromatic rings. The van der Waals surface area contributed by atoms with Crippen molar-refractivity contribution < 1.29 is 9.00 Å². The highest BCUT2D eigenvalue weighted by molar-refractivity contribution is 14.0. The molecular formula is C18H30IN5O2S. The molecule has 7 nitrogen and oxygen atoms in total. The van der Waals surface area contributed by atoms with Crippen molar-refractivity contribution in [2.24, 2.45) is 4.99 Å². The van der Waals surface area contributed by atoms with Gasteiger partial charge in [-0.2, -0.15) is 0 Å². The Morgan fingerprint density at radius 1 is 1.33 bits per heavy atom. The van der Waals surface area contributed by atoms with Gasteiger partial charge in [0, 0.05) is 60.4 Å². The summed E-state index contributed by atoms with van der Waals surface area (Å²) < 4.78 is 12.1. The van der Waals surface area contributed by atoms with E-state index in [0.29, 0.717) is 30.7 Å². The van der Waals surface area contributed by atoms with E-state index in [-0.39, 0.29) is 35.1 Å². The van der Waals surface area contributed by atoms with E-state index in [1.165, 1.54) is 0 Å². The number of carbonyl (C=O) groups excluding carboxylic acids is 1. The number of nitrogens with zero attached hydrogens (tertiary/aromatic N) is 2. The molecule has 1 aliphatic rings. The first-order valence-electron chi connectivity index (χ1n) is 9.16. The summed E-state index contributed by atoms with van der Waals surface area (Å²) in [6.07, 6.45) is 7.30. The molecular weight excluding hydrogens is 477 g/mol. The summed E-state index contributed by atoms with van der Waals surface area (Å²) in [5.41, 5.74) is 0.548. The van der Waals surface area contributed by atoms with Crippen LogP contribution in [0.1, 0.15) is 43.0 Å². The lowest BCUT2D eigenvalue weighted by atomic mass is 9.95. The van der Waals surface area contributed by atoms with Crippen molar-refractivity contribution in [3.05, 3.63) is 30.1 Å². The number of amides is 1. The Morgan fingerprint density at radius 2 is 2.11 bits per heavy atom. The van der Waals surface area contributed by atoms with Gasteiger partial charge in [0.25, 0.3) is 5.91 Å². The molecule has 9 heteroatoms. The van der Waals surface area contributed by atoms with Gasteiger partial charge < -0.3 is 16.0 Å². The average Bonchev–Trinajstić information content (AvgIpc) is 2.70. The highest BCUT2D eigenvalue weighted by Gasteiger charge is 2.25. The Bertz CT molecular complexity index is 629. The predicted octanol–water partition coefficient (Wildman–Crippen LogP) is 1.67. The molecule has 152 valence electrons. The summed E-state index contributed by atoms with van der Waals surface area (Å²) >= 11 is 0. The molecule has 1 fully saturated rings. The number of pyridine rings is 1. The van der Waals surface area contributed by atoms with E-state index < -0.39 is 10.8 Å². The van der Waals surface area contributed by atoms with Gasteiger partial charge in [-0.1, -0.05) is 13.3 Å². The number of aliphatic imine (C=N–C) groups is 1. The normalized spacial score (nSPS) is 20.9. The Balaban J connectivity index is 0.00000364. The Kier molecular flexibility index (Phi) is 11.5.